The van der Waals surface area contributed by atoms with E-state index < -0.39 is 10.0 Å². The van der Waals surface area contributed by atoms with E-state index in [1.165, 1.54) is 19.3 Å². The highest BCUT2D eigenvalue weighted by Crippen LogP contribution is 2.30. The van der Waals surface area contributed by atoms with Crippen LogP contribution < -0.4 is 5.14 Å². The van der Waals surface area contributed by atoms with Crippen molar-refractivity contribution in [3.63, 3.8) is 0 Å². The van der Waals surface area contributed by atoms with Gasteiger partial charge in [-0.1, -0.05) is 47.0 Å². The van der Waals surface area contributed by atoms with Crippen LogP contribution in [0.1, 0.15) is 98.3 Å². The molecule has 0 aliphatic rings. The third-order valence-electron chi connectivity index (χ3n) is 5.33. The van der Waals surface area contributed by atoms with Gasteiger partial charge in [0.2, 0.25) is 10.0 Å². The lowest BCUT2D eigenvalue weighted by Crippen LogP contribution is -2.19. The molecule has 0 aliphatic heterocycles. The fourth-order valence-electron chi connectivity index (χ4n) is 3.43. The van der Waals surface area contributed by atoms with Gasteiger partial charge >= 0.3 is 0 Å². The molecule has 164 valence electrons. The van der Waals surface area contributed by atoms with Crippen LogP contribution in [0.3, 0.4) is 0 Å². The van der Waals surface area contributed by atoms with Crippen molar-refractivity contribution >= 4 is 10.0 Å². The van der Waals surface area contributed by atoms with E-state index in [1.54, 1.807) is 0 Å². The second-order valence-electron chi connectivity index (χ2n) is 9.51. The molecule has 0 fully saturated rings. The molecule has 0 saturated carbocycles. The Labute approximate surface area is 168 Å². The lowest BCUT2D eigenvalue weighted by Gasteiger charge is -2.24. The van der Waals surface area contributed by atoms with Crippen molar-refractivity contribution in [2.45, 2.75) is 98.3 Å². The Bertz CT molecular complexity index is 461. The number of rotatable bonds is 18. The smallest absolute Gasteiger partial charge is 0.209 e. The van der Waals surface area contributed by atoms with E-state index in [9.17, 15) is 8.42 Å². The third-order valence-corrected chi connectivity index (χ3v) is 6.19. The maximum absolute atomic E-state index is 11.0. The molecule has 5 nitrogen and oxygen atoms in total. The molecule has 3 N–H and O–H groups in total. The van der Waals surface area contributed by atoms with Crippen molar-refractivity contribution in [3.8, 4) is 0 Å². The molecular weight excluding hydrogens is 362 g/mol. The zero-order chi connectivity index (χ0) is 20.8. The molecule has 0 unspecified atom stereocenters. The van der Waals surface area contributed by atoms with Crippen molar-refractivity contribution < 1.29 is 18.3 Å². The van der Waals surface area contributed by atoms with Gasteiger partial charge in [0, 0.05) is 19.8 Å². The maximum Gasteiger partial charge on any atom is 0.209 e. The zero-order valence-corrected chi connectivity index (χ0v) is 19.1. The average Bonchev–Trinajstić information content (AvgIpc) is 2.51. The van der Waals surface area contributed by atoms with E-state index in [4.69, 9.17) is 15.0 Å². The van der Waals surface area contributed by atoms with E-state index in [2.05, 4.69) is 27.7 Å². The predicted octanol–water partition coefficient (Wildman–Crippen LogP) is 4.63. The van der Waals surface area contributed by atoms with E-state index in [1.807, 2.05) is 0 Å². The minimum atomic E-state index is -3.33. The van der Waals surface area contributed by atoms with Crippen LogP contribution in [0.25, 0.3) is 0 Å². The minimum absolute atomic E-state index is 0.0811. The first-order chi connectivity index (χ1) is 12.5. The summed E-state index contributed by atoms with van der Waals surface area (Å²) in [6, 6.07) is 0. The largest absolute Gasteiger partial charge is 0.396 e. The number of hydrogen-bond acceptors (Lipinski definition) is 4. The van der Waals surface area contributed by atoms with Gasteiger partial charge in [0.15, 0.2) is 0 Å². The van der Waals surface area contributed by atoms with Crippen molar-refractivity contribution in [2.75, 3.05) is 25.6 Å². The molecule has 0 aromatic carbocycles. The van der Waals surface area contributed by atoms with Gasteiger partial charge in [0.1, 0.15) is 0 Å². The fraction of sp³-hybridized carbons (Fsp3) is 1.00. The quantitative estimate of drug-likeness (QED) is 0.324. The van der Waals surface area contributed by atoms with Gasteiger partial charge < -0.3 is 9.84 Å². The number of ether oxygens (including phenoxy) is 1. The normalized spacial score (nSPS) is 13.3. The number of hydrogen-bond donors (Lipinski definition) is 2. The van der Waals surface area contributed by atoms with Crippen molar-refractivity contribution in [1.29, 1.82) is 0 Å². The van der Waals surface area contributed by atoms with Gasteiger partial charge in [-0.3, -0.25) is 0 Å². The predicted molar refractivity (Wildman–Crippen MR) is 114 cm³/mol. The summed E-state index contributed by atoms with van der Waals surface area (Å²) < 4.78 is 27.7. The Balaban J connectivity index is 3.58. The molecule has 6 heteroatoms. The molecule has 0 saturated heterocycles. The van der Waals surface area contributed by atoms with Crippen LogP contribution in [0, 0.1) is 10.8 Å². The Morgan fingerprint density at radius 1 is 0.741 bits per heavy atom. The van der Waals surface area contributed by atoms with Crippen LogP contribution >= 0.6 is 0 Å². The number of nitrogens with two attached hydrogens (primary N) is 1. The van der Waals surface area contributed by atoms with Crippen molar-refractivity contribution in [2.24, 2.45) is 16.0 Å². The van der Waals surface area contributed by atoms with E-state index in [0.29, 0.717) is 18.4 Å². The summed E-state index contributed by atoms with van der Waals surface area (Å²) in [5, 5.41) is 13.9. The third kappa shape index (κ3) is 18.9. The highest BCUT2D eigenvalue weighted by Gasteiger charge is 2.18. The van der Waals surface area contributed by atoms with E-state index in [0.717, 1.165) is 58.2 Å². The Kier molecular flexibility index (Phi) is 13.8. The van der Waals surface area contributed by atoms with Crippen molar-refractivity contribution in [1.82, 2.24) is 0 Å². The Hall–Kier alpha value is -0.170. The van der Waals surface area contributed by atoms with Gasteiger partial charge in [-0.15, -0.1) is 0 Å². The van der Waals surface area contributed by atoms with Crippen LogP contribution in [0.5, 0.6) is 0 Å². The summed E-state index contributed by atoms with van der Waals surface area (Å²) in [5.74, 6) is 0.0811. The molecule has 0 spiro atoms. The highest BCUT2D eigenvalue weighted by molar-refractivity contribution is 7.89. The topological polar surface area (TPSA) is 89.6 Å². The van der Waals surface area contributed by atoms with Crippen LogP contribution in [0.4, 0.5) is 0 Å². The SMILES string of the molecule is CC(C)(CCCCO)CCCCOCCCCC(C)(C)CCCS(N)(=O)=O. The molecule has 0 atom stereocenters. The number of aliphatic hydroxyl groups excluding tert-OH is 1. The molecule has 0 bridgehead atoms. The average molecular weight is 408 g/mol. The second-order valence-corrected chi connectivity index (χ2v) is 11.2. The van der Waals surface area contributed by atoms with E-state index in [-0.39, 0.29) is 11.2 Å². The standard InChI is InChI=1S/C21H45NO4S/c1-20(2,12-5-8-16-23)13-6-9-17-26-18-10-7-14-21(3,4)15-11-19-27(22,24)25/h23H,5-19H2,1-4H3,(H2,22,24,25). The lowest BCUT2D eigenvalue weighted by atomic mass is 9.82. The molecule has 0 rings (SSSR count). The molecular formula is C21H45NO4S. The summed E-state index contributed by atoms with van der Waals surface area (Å²) in [4.78, 5) is 0. The van der Waals surface area contributed by atoms with Gasteiger partial charge in [-0.05, 0) is 62.2 Å². The fourth-order valence-corrected chi connectivity index (χ4v) is 3.98. The summed E-state index contributed by atoms with van der Waals surface area (Å²) in [7, 11) is -3.33. The minimum Gasteiger partial charge on any atom is -0.396 e. The first-order valence-corrected chi connectivity index (χ1v) is 12.4. The van der Waals surface area contributed by atoms with Crippen LogP contribution in [0.15, 0.2) is 0 Å². The van der Waals surface area contributed by atoms with Crippen LogP contribution in [0.2, 0.25) is 0 Å². The summed E-state index contributed by atoms with van der Waals surface area (Å²) in [6.45, 7) is 11.0. The number of aliphatic hydroxyl groups is 1. The highest BCUT2D eigenvalue weighted by atomic mass is 32.2. The summed E-state index contributed by atoms with van der Waals surface area (Å²) in [5.41, 5.74) is 0.524. The molecule has 0 aliphatic carbocycles. The zero-order valence-electron chi connectivity index (χ0n) is 18.3. The van der Waals surface area contributed by atoms with Gasteiger partial charge in [0.25, 0.3) is 0 Å². The summed E-state index contributed by atoms with van der Waals surface area (Å²) in [6.07, 6.45) is 11.5. The Morgan fingerprint density at radius 3 is 1.56 bits per heavy atom. The van der Waals surface area contributed by atoms with Crippen molar-refractivity contribution in [3.05, 3.63) is 0 Å². The molecule has 0 aromatic heterocycles. The molecule has 0 amide bonds. The maximum atomic E-state index is 11.0. The first-order valence-electron chi connectivity index (χ1n) is 10.7. The molecule has 0 heterocycles. The Morgan fingerprint density at radius 2 is 1.15 bits per heavy atom. The van der Waals surface area contributed by atoms with Gasteiger partial charge in [-0.2, -0.15) is 0 Å². The van der Waals surface area contributed by atoms with Gasteiger partial charge in [0.05, 0.1) is 5.75 Å². The monoisotopic (exact) mass is 407 g/mol. The van der Waals surface area contributed by atoms with Crippen LogP contribution in [-0.4, -0.2) is 39.1 Å². The number of primary sulfonamides is 1. The first kappa shape index (κ1) is 26.8. The van der Waals surface area contributed by atoms with E-state index >= 15 is 0 Å². The lowest BCUT2D eigenvalue weighted by molar-refractivity contribution is 0.119. The molecule has 27 heavy (non-hydrogen) atoms. The van der Waals surface area contributed by atoms with Crippen LogP contribution in [-0.2, 0) is 14.8 Å². The summed E-state index contributed by atoms with van der Waals surface area (Å²) >= 11 is 0. The van der Waals surface area contributed by atoms with Gasteiger partial charge in [-0.25, -0.2) is 13.6 Å². The molecule has 0 radical (unpaired) electrons. The number of sulfonamides is 1. The molecule has 0 aromatic rings. The number of unbranched alkanes of at least 4 members (excludes halogenated alkanes) is 3. The second kappa shape index (κ2) is 13.9.